The monoisotopic (exact) mass is 539 g/mol. The van der Waals surface area contributed by atoms with Gasteiger partial charge in [-0.15, -0.1) is 11.8 Å². The number of carbonyl (C=O) groups excluding carboxylic acids is 3. The van der Waals surface area contributed by atoms with E-state index in [-0.39, 0.29) is 16.9 Å². The summed E-state index contributed by atoms with van der Waals surface area (Å²) in [6, 6.07) is 25.1. The number of thioether (sulfide) groups is 1. The van der Waals surface area contributed by atoms with Crippen LogP contribution in [0.25, 0.3) is 6.08 Å². The molecule has 0 saturated heterocycles. The van der Waals surface area contributed by atoms with Crippen LogP contribution in [0.1, 0.15) is 34.2 Å². The van der Waals surface area contributed by atoms with Gasteiger partial charge >= 0.3 is 0 Å². The van der Waals surface area contributed by atoms with E-state index in [1.165, 1.54) is 24.1 Å². The Labute approximate surface area is 231 Å². The molecule has 1 aromatic heterocycles. The van der Waals surface area contributed by atoms with Crippen LogP contribution >= 0.6 is 11.8 Å². The number of anilines is 2. The quantitative estimate of drug-likeness (QED) is 0.168. The van der Waals surface area contributed by atoms with E-state index in [4.69, 9.17) is 4.42 Å². The molecule has 0 aliphatic rings. The largest absolute Gasteiger partial charge is 0.465 e. The predicted octanol–water partition coefficient (Wildman–Crippen LogP) is 6.43. The Morgan fingerprint density at radius 3 is 2.38 bits per heavy atom. The number of furan rings is 1. The third-order valence-electron chi connectivity index (χ3n) is 5.77. The Morgan fingerprint density at radius 1 is 0.872 bits per heavy atom. The Kier molecular flexibility index (Phi) is 9.01. The molecule has 0 bridgehead atoms. The molecule has 3 N–H and O–H groups in total. The van der Waals surface area contributed by atoms with E-state index in [0.717, 1.165) is 21.7 Å². The normalized spacial score (nSPS) is 11.9. The van der Waals surface area contributed by atoms with Crippen molar-refractivity contribution in [1.29, 1.82) is 0 Å². The van der Waals surface area contributed by atoms with Gasteiger partial charge in [0.15, 0.2) is 0 Å². The first-order valence-electron chi connectivity index (χ1n) is 12.4. The molecule has 3 aromatic carbocycles. The van der Waals surface area contributed by atoms with Crippen LogP contribution in [-0.4, -0.2) is 23.0 Å². The van der Waals surface area contributed by atoms with Crippen LogP contribution in [0, 0.1) is 13.8 Å². The molecule has 39 heavy (non-hydrogen) atoms. The summed E-state index contributed by atoms with van der Waals surface area (Å²) in [5, 5.41) is 8.11. The summed E-state index contributed by atoms with van der Waals surface area (Å²) in [6.07, 6.45) is 2.95. The minimum atomic E-state index is -0.515. The number of hydrogen-bond acceptors (Lipinski definition) is 5. The Balaban J connectivity index is 1.44. The second-order valence-electron chi connectivity index (χ2n) is 8.94. The van der Waals surface area contributed by atoms with E-state index in [1.54, 1.807) is 54.6 Å². The van der Waals surface area contributed by atoms with Crippen molar-refractivity contribution in [3.05, 3.63) is 119 Å². The van der Waals surface area contributed by atoms with Crippen molar-refractivity contribution in [1.82, 2.24) is 5.32 Å². The summed E-state index contributed by atoms with van der Waals surface area (Å²) in [4.78, 5) is 39.6. The zero-order valence-electron chi connectivity index (χ0n) is 21.9. The van der Waals surface area contributed by atoms with Crippen molar-refractivity contribution >= 4 is 46.9 Å². The van der Waals surface area contributed by atoms with Gasteiger partial charge in [0, 0.05) is 27.9 Å². The van der Waals surface area contributed by atoms with E-state index in [9.17, 15) is 14.4 Å². The Hall–Kier alpha value is -4.56. The molecule has 0 radical (unpaired) electrons. The van der Waals surface area contributed by atoms with Crippen molar-refractivity contribution in [3.63, 3.8) is 0 Å². The summed E-state index contributed by atoms with van der Waals surface area (Å²) in [5.41, 5.74) is 3.88. The minimum Gasteiger partial charge on any atom is -0.465 e. The smallest absolute Gasteiger partial charge is 0.272 e. The van der Waals surface area contributed by atoms with Gasteiger partial charge < -0.3 is 20.4 Å². The molecular formula is C31H29N3O4S. The maximum Gasteiger partial charge on any atom is 0.272 e. The summed E-state index contributed by atoms with van der Waals surface area (Å²) in [5.74, 6) is -0.634. The fourth-order valence-corrected chi connectivity index (χ4v) is 4.68. The minimum absolute atomic E-state index is 0.0260. The highest BCUT2D eigenvalue weighted by Crippen LogP contribution is 2.27. The van der Waals surface area contributed by atoms with Crippen LogP contribution in [0.2, 0.25) is 0 Å². The molecule has 3 amide bonds. The fraction of sp³-hybridized carbons (Fsp3) is 0.129. The molecule has 1 heterocycles. The zero-order valence-corrected chi connectivity index (χ0v) is 22.7. The number of carbonyl (C=O) groups is 3. The van der Waals surface area contributed by atoms with Crippen molar-refractivity contribution in [2.45, 2.75) is 30.9 Å². The average Bonchev–Trinajstić information content (AvgIpc) is 3.43. The number of hydrogen-bond donors (Lipinski definition) is 3. The summed E-state index contributed by atoms with van der Waals surface area (Å²) >= 11 is 1.38. The molecular weight excluding hydrogens is 510 g/mol. The number of nitrogens with one attached hydrogen (secondary N) is 3. The maximum atomic E-state index is 13.2. The number of benzene rings is 3. The molecule has 0 aliphatic carbocycles. The molecule has 4 rings (SSSR count). The van der Waals surface area contributed by atoms with Crippen molar-refractivity contribution < 1.29 is 18.8 Å². The lowest BCUT2D eigenvalue weighted by Gasteiger charge is -2.15. The first-order valence-corrected chi connectivity index (χ1v) is 13.2. The Morgan fingerprint density at radius 2 is 1.67 bits per heavy atom. The fourth-order valence-electron chi connectivity index (χ4n) is 3.75. The van der Waals surface area contributed by atoms with Crippen molar-refractivity contribution in [3.8, 4) is 0 Å². The van der Waals surface area contributed by atoms with Crippen LogP contribution in [0.3, 0.4) is 0 Å². The van der Waals surface area contributed by atoms with Gasteiger partial charge in [-0.05, 0) is 74.9 Å². The van der Waals surface area contributed by atoms with Gasteiger partial charge in [0.2, 0.25) is 5.91 Å². The third kappa shape index (κ3) is 7.72. The lowest BCUT2D eigenvalue weighted by atomic mass is 10.1. The molecule has 0 saturated carbocycles. The van der Waals surface area contributed by atoms with E-state index in [0.29, 0.717) is 17.0 Å². The maximum absolute atomic E-state index is 13.2. The first-order chi connectivity index (χ1) is 18.8. The highest BCUT2D eigenvalue weighted by Gasteiger charge is 2.18. The molecule has 0 spiro atoms. The van der Waals surface area contributed by atoms with E-state index in [1.807, 2.05) is 51.1 Å². The van der Waals surface area contributed by atoms with Gasteiger partial charge in [-0.3, -0.25) is 14.4 Å². The highest BCUT2D eigenvalue weighted by atomic mass is 32.2. The molecule has 1 unspecified atom stereocenters. The molecule has 0 fully saturated rings. The highest BCUT2D eigenvalue weighted by molar-refractivity contribution is 8.00. The molecule has 7 nitrogen and oxygen atoms in total. The number of aryl methyl sites for hydroxylation is 2. The lowest BCUT2D eigenvalue weighted by Crippen LogP contribution is -2.30. The van der Waals surface area contributed by atoms with Gasteiger partial charge in [0.1, 0.15) is 11.5 Å². The summed E-state index contributed by atoms with van der Waals surface area (Å²) in [6.45, 7) is 5.80. The van der Waals surface area contributed by atoms with E-state index >= 15 is 0 Å². The molecule has 0 aliphatic heterocycles. The zero-order chi connectivity index (χ0) is 27.8. The summed E-state index contributed by atoms with van der Waals surface area (Å²) in [7, 11) is 0. The van der Waals surface area contributed by atoms with Crippen LogP contribution < -0.4 is 16.0 Å². The molecule has 4 aromatic rings. The number of rotatable bonds is 9. The van der Waals surface area contributed by atoms with Crippen molar-refractivity contribution in [2.75, 3.05) is 10.6 Å². The Bertz CT molecular complexity index is 1500. The van der Waals surface area contributed by atoms with Gasteiger partial charge in [0.25, 0.3) is 11.8 Å². The average molecular weight is 540 g/mol. The second-order valence-corrected chi connectivity index (χ2v) is 10.4. The van der Waals surface area contributed by atoms with Crippen LogP contribution in [0.15, 0.2) is 106 Å². The molecule has 198 valence electrons. The predicted molar refractivity (Wildman–Crippen MR) is 156 cm³/mol. The SMILES string of the molecule is Cc1ccc(NC(=O)C(C)Sc2cccc(NC(=O)/C(=C/c3ccco3)NC(=O)c3ccccc3)c2)c(C)c1. The van der Waals surface area contributed by atoms with Crippen molar-refractivity contribution in [2.24, 2.45) is 0 Å². The van der Waals surface area contributed by atoms with Gasteiger partial charge in [-0.2, -0.15) is 0 Å². The van der Waals surface area contributed by atoms with Gasteiger partial charge in [-0.1, -0.05) is 42.0 Å². The number of amides is 3. The van der Waals surface area contributed by atoms with Crippen LogP contribution in [-0.2, 0) is 9.59 Å². The standard InChI is InChI=1S/C31H29N3O4S/c1-20-14-15-27(21(2)17-20)33-29(35)22(3)39-26-13-7-11-24(18-26)32-31(37)28(19-25-12-8-16-38-25)34-30(36)23-9-5-4-6-10-23/h4-19,22H,1-3H3,(H,32,37)(H,33,35)(H,34,36)/b28-19-. The summed E-state index contributed by atoms with van der Waals surface area (Å²) < 4.78 is 5.34. The van der Waals surface area contributed by atoms with E-state index in [2.05, 4.69) is 16.0 Å². The second kappa shape index (κ2) is 12.8. The van der Waals surface area contributed by atoms with Crippen LogP contribution in [0.4, 0.5) is 11.4 Å². The lowest BCUT2D eigenvalue weighted by molar-refractivity contribution is -0.115. The van der Waals surface area contributed by atoms with Crippen LogP contribution in [0.5, 0.6) is 0 Å². The molecule has 1 atom stereocenters. The molecule has 8 heteroatoms. The van der Waals surface area contributed by atoms with Gasteiger partial charge in [0.05, 0.1) is 11.5 Å². The van der Waals surface area contributed by atoms with E-state index < -0.39 is 11.8 Å². The third-order valence-corrected chi connectivity index (χ3v) is 6.87. The first kappa shape index (κ1) is 27.5. The topological polar surface area (TPSA) is 100 Å². The van der Waals surface area contributed by atoms with Gasteiger partial charge in [-0.25, -0.2) is 0 Å².